The van der Waals surface area contributed by atoms with Crippen LogP contribution in [-0.4, -0.2) is 5.97 Å². The zero-order valence-corrected chi connectivity index (χ0v) is 9.87. The summed E-state index contributed by atoms with van der Waals surface area (Å²) in [6.45, 7) is 0. The van der Waals surface area contributed by atoms with Gasteiger partial charge in [0.2, 0.25) is 0 Å². The summed E-state index contributed by atoms with van der Waals surface area (Å²) in [4.78, 5) is 11.2. The molecule has 1 aliphatic rings. The lowest BCUT2D eigenvalue weighted by Crippen LogP contribution is -2.29. The van der Waals surface area contributed by atoms with Crippen LogP contribution in [0.5, 0.6) is 0 Å². The minimum Gasteiger partial charge on any atom is -0.550 e. The van der Waals surface area contributed by atoms with Crippen molar-refractivity contribution < 1.29 is 9.90 Å². The molecule has 2 heteroatoms. The van der Waals surface area contributed by atoms with Crippen LogP contribution in [0.1, 0.15) is 17.5 Å². The standard InChI is InChI=1S/C16H14O2/c17-15(18)14-11-16(14,12-7-3-1-4-8-12)13-9-5-2-6-10-13/h1-10,14H,11H2,(H,17,18)/p-1/t14-/m0/s1. The predicted molar refractivity (Wildman–Crippen MR) is 66.8 cm³/mol. The van der Waals surface area contributed by atoms with Crippen molar-refractivity contribution in [1.82, 2.24) is 0 Å². The van der Waals surface area contributed by atoms with Crippen LogP contribution in [0.2, 0.25) is 0 Å². The molecule has 1 fully saturated rings. The molecule has 18 heavy (non-hydrogen) atoms. The molecule has 1 saturated carbocycles. The molecule has 0 heterocycles. The maximum absolute atomic E-state index is 11.2. The van der Waals surface area contributed by atoms with E-state index in [1.165, 1.54) is 0 Å². The molecule has 2 aromatic carbocycles. The molecule has 0 spiro atoms. The quantitative estimate of drug-likeness (QED) is 0.815. The van der Waals surface area contributed by atoms with Gasteiger partial charge in [0.25, 0.3) is 0 Å². The number of benzene rings is 2. The molecule has 2 nitrogen and oxygen atoms in total. The number of rotatable bonds is 3. The first-order valence-electron chi connectivity index (χ1n) is 6.07. The molecule has 1 aliphatic carbocycles. The Morgan fingerprint density at radius 2 is 1.39 bits per heavy atom. The van der Waals surface area contributed by atoms with Crippen molar-refractivity contribution in [1.29, 1.82) is 0 Å². The maximum atomic E-state index is 11.2. The number of hydrogen-bond acceptors (Lipinski definition) is 2. The second-order valence-corrected chi connectivity index (χ2v) is 4.78. The van der Waals surface area contributed by atoms with E-state index in [2.05, 4.69) is 0 Å². The van der Waals surface area contributed by atoms with Crippen LogP contribution < -0.4 is 5.11 Å². The van der Waals surface area contributed by atoms with Crippen LogP contribution in [0.25, 0.3) is 0 Å². The number of carboxylic acids is 1. The van der Waals surface area contributed by atoms with Crippen molar-refractivity contribution in [2.45, 2.75) is 11.8 Å². The van der Waals surface area contributed by atoms with Gasteiger partial charge in [-0.3, -0.25) is 0 Å². The smallest absolute Gasteiger partial charge is 0.0458 e. The van der Waals surface area contributed by atoms with Crippen LogP contribution in [0, 0.1) is 5.92 Å². The van der Waals surface area contributed by atoms with Crippen molar-refractivity contribution in [3.8, 4) is 0 Å². The highest BCUT2D eigenvalue weighted by Crippen LogP contribution is 2.58. The molecule has 90 valence electrons. The van der Waals surface area contributed by atoms with Gasteiger partial charge in [-0.25, -0.2) is 0 Å². The second-order valence-electron chi connectivity index (χ2n) is 4.78. The second kappa shape index (κ2) is 3.98. The van der Waals surface area contributed by atoms with E-state index in [0.29, 0.717) is 6.42 Å². The summed E-state index contributed by atoms with van der Waals surface area (Å²) in [5.41, 5.74) is 1.73. The monoisotopic (exact) mass is 237 g/mol. The molecule has 0 unspecified atom stereocenters. The van der Waals surface area contributed by atoms with Gasteiger partial charge in [-0.15, -0.1) is 0 Å². The lowest BCUT2D eigenvalue weighted by molar-refractivity contribution is -0.308. The first-order chi connectivity index (χ1) is 8.75. The Morgan fingerprint density at radius 3 is 1.72 bits per heavy atom. The number of carboxylic acid groups (broad SMARTS) is 1. The lowest BCUT2D eigenvalue weighted by atomic mass is 9.86. The fraction of sp³-hybridized carbons (Fsp3) is 0.188. The molecule has 1 atom stereocenters. The Bertz CT molecular complexity index is 521. The fourth-order valence-electron chi connectivity index (χ4n) is 2.82. The fourth-order valence-corrected chi connectivity index (χ4v) is 2.82. The molecular weight excluding hydrogens is 224 g/mol. The van der Waals surface area contributed by atoms with E-state index < -0.39 is 11.9 Å². The van der Waals surface area contributed by atoms with E-state index in [9.17, 15) is 9.90 Å². The first kappa shape index (κ1) is 11.0. The minimum atomic E-state index is -0.956. The summed E-state index contributed by atoms with van der Waals surface area (Å²) < 4.78 is 0. The summed E-state index contributed by atoms with van der Waals surface area (Å²) in [6.07, 6.45) is 0.628. The van der Waals surface area contributed by atoms with Crippen LogP contribution >= 0.6 is 0 Å². The Labute approximate surface area is 106 Å². The largest absolute Gasteiger partial charge is 0.550 e. The van der Waals surface area contributed by atoms with Gasteiger partial charge in [0.05, 0.1) is 0 Å². The molecule has 0 bridgehead atoms. The number of carbonyl (C=O) groups excluding carboxylic acids is 1. The average Bonchev–Trinajstić information content (AvgIpc) is 3.18. The van der Waals surface area contributed by atoms with Crippen LogP contribution in [0.15, 0.2) is 60.7 Å². The van der Waals surface area contributed by atoms with Gasteiger partial charge in [-0.2, -0.15) is 0 Å². The summed E-state index contributed by atoms with van der Waals surface area (Å²) in [6, 6.07) is 19.7. The summed E-state index contributed by atoms with van der Waals surface area (Å²) in [5, 5.41) is 11.2. The average molecular weight is 237 g/mol. The molecule has 0 aromatic heterocycles. The van der Waals surface area contributed by atoms with E-state index in [0.717, 1.165) is 11.1 Å². The Hall–Kier alpha value is -2.09. The Kier molecular flexibility index (Phi) is 2.44. The molecule has 2 aromatic rings. The van der Waals surface area contributed by atoms with Crippen molar-refractivity contribution in [2.75, 3.05) is 0 Å². The van der Waals surface area contributed by atoms with Crippen molar-refractivity contribution >= 4 is 5.97 Å². The van der Waals surface area contributed by atoms with Crippen LogP contribution in [-0.2, 0) is 10.2 Å². The number of hydrogen-bond donors (Lipinski definition) is 0. The highest BCUT2D eigenvalue weighted by Gasteiger charge is 2.56. The summed E-state index contributed by atoms with van der Waals surface area (Å²) in [5.74, 6) is -1.37. The maximum Gasteiger partial charge on any atom is 0.0458 e. The van der Waals surface area contributed by atoms with Crippen molar-refractivity contribution in [3.63, 3.8) is 0 Å². The van der Waals surface area contributed by atoms with Gasteiger partial charge in [0.1, 0.15) is 0 Å². The van der Waals surface area contributed by atoms with E-state index in [4.69, 9.17) is 0 Å². The van der Waals surface area contributed by atoms with Gasteiger partial charge in [0, 0.05) is 17.3 Å². The molecule has 0 saturated heterocycles. The summed E-state index contributed by atoms with van der Waals surface area (Å²) in [7, 11) is 0. The van der Waals surface area contributed by atoms with Gasteiger partial charge < -0.3 is 9.90 Å². The van der Waals surface area contributed by atoms with Crippen LogP contribution in [0.4, 0.5) is 0 Å². The van der Waals surface area contributed by atoms with Gasteiger partial charge in [-0.1, -0.05) is 60.7 Å². The third kappa shape index (κ3) is 1.53. The Balaban J connectivity index is 2.11. The molecule has 0 amide bonds. The zero-order valence-electron chi connectivity index (χ0n) is 9.87. The third-order valence-corrected chi connectivity index (χ3v) is 3.82. The first-order valence-corrected chi connectivity index (χ1v) is 6.07. The van der Waals surface area contributed by atoms with E-state index in [1.54, 1.807) is 0 Å². The van der Waals surface area contributed by atoms with E-state index in [-0.39, 0.29) is 5.41 Å². The van der Waals surface area contributed by atoms with Crippen molar-refractivity contribution in [2.24, 2.45) is 5.92 Å². The SMILES string of the molecule is O=C([O-])[C@@H]1CC1(c1ccccc1)c1ccccc1. The normalized spacial score (nSPS) is 20.3. The minimum absolute atomic E-state index is 0.388. The zero-order chi connectivity index (χ0) is 12.6. The van der Waals surface area contributed by atoms with Gasteiger partial charge >= 0.3 is 0 Å². The number of carbonyl (C=O) groups is 1. The number of aliphatic carboxylic acids is 1. The molecule has 3 rings (SSSR count). The Morgan fingerprint density at radius 1 is 0.944 bits per heavy atom. The third-order valence-electron chi connectivity index (χ3n) is 3.82. The van der Waals surface area contributed by atoms with Gasteiger partial charge in [0.15, 0.2) is 0 Å². The summed E-state index contributed by atoms with van der Waals surface area (Å²) >= 11 is 0. The van der Waals surface area contributed by atoms with Crippen LogP contribution in [0.3, 0.4) is 0 Å². The van der Waals surface area contributed by atoms with Crippen molar-refractivity contribution in [3.05, 3.63) is 71.8 Å². The predicted octanol–water partition coefficient (Wildman–Crippen LogP) is 1.74. The molecule has 0 radical (unpaired) electrons. The molecule has 0 N–H and O–H groups in total. The topological polar surface area (TPSA) is 40.1 Å². The molecule has 0 aliphatic heterocycles. The van der Waals surface area contributed by atoms with E-state index in [1.807, 2.05) is 60.7 Å². The highest BCUT2D eigenvalue weighted by atomic mass is 16.4. The van der Waals surface area contributed by atoms with Gasteiger partial charge in [-0.05, 0) is 17.5 Å². The molecular formula is C16H13O2-. The lowest BCUT2D eigenvalue weighted by Gasteiger charge is -2.19. The van der Waals surface area contributed by atoms with E-state index >= 15 is 0 Å². The highest BCUT2D eigenvalue weighted by molar-refractivity contribution is 5.77.